The zero-order valence-electron chi connectivity index (χ0n) is 16.5. The first kappa shape index (κ1) is 18.3. The smallest absolute Gasteiger partial charge is 0.399 e. The Bertz CT molecular complexity index is 861. The van der Waals surface area contributed by atoms with Crippen molar-refractivity contribution in [2.75, 3.05) is 4.90 Å². The summed E-state index contributed by atoms with van der Waals surface area (Å²) < 4.78 is 12.3. The maximum Gasteiger partial charge on any atom is 0.494 e. The molecule has 2 aromatic carbocycles. The number of fused-ring (bicyclic) bond motifs is 1. The van der Waals surface area contributed by atoms with Crippen LogP contribution in [0.1, 0.15) is 45.2 Å². The third kappa shape index (κ3) is 3.30. The molecule has 0 aromatic heterocycles. The maximum absolute atomic E-state index is 12.5. The molecular weight excluding hydrogens is 337 g/mol. The Hall–Kier alpha value is -2.11. The molecule has 0 spiro atoms. The molecule has 2 aromatic rings. The average molecular weight is 363 g/mol. The van der Waals surface area contributed by atoms with Crippen LogP contribution in [0, 0.1) is 0 Å². The molecule has 4 nitrogen and oxygen atoms in total. The van der Waals surface area contributed by atoms with Crippen molar-refractivity contribution in [3.63, 3.8) is 0 Å². The lowest BCUT2D eigenvalue weighted by Gasteiger charge is -2.32. The van der Waals surface area contributed by atoms with E-state index in [4.69, 9.17) is 9.31 Å². The molecule has 140 valence electrons. The summed E-state index contributed by atoms with van der Waals surface area (Å²) in [7, 11) is -0.390. The van der Waals surface area contributed by atoms with Gasteiger partial charge in [0, 0.05) is 12.1 Å². The Morgan fingerprint density at radius 2 is 1.67 bits per heavy atom. The van der Waals surface area contributed by atoms with Crippen LogP contribution in [0.5, 0.6) is 0 Å². The van der Waals surface area contributed by atoms with Crippen LogP contribution in [-0.4, -0.2) is 24.2 Å². The van der Waals surface area contributed by atoms with E-state index in [0.717, 1.165) is 23.1 Å². The molecule has 0 bridgehead atoms. The van der Waals surface area contributed by atoms with Gasteiger partial charge in [-0.1, -0.05) is 42.5 Å². The van der Waals surface area contributed by atoms with E-state index in [9.17, 15) is 4.79 Å². The number of amides is 1. The molecule has 2 aliphatic rings. The number of benzene rings is 2. The largest absolute Gasteiger partial charge is 0.494 e. The van der Waals surface area contributed by atoms with E-state index in [1.807, 2.05) is 35.2 Å². The minimum Gasteiger partial charge on any atom is -0.399 e. The van der Waals surface area contributed by atoms with Gasteiger partial charge in [0.15, 0.2) is 0 Å². The second kappa shape index (κ2) is 6.50. The van der Waals surface area contributed by atoms with Crippen LogP contribution >= 0.6 is 0 Å². The molecular formula is C22H26BNO3. The summed E-state index contributed by atoms with van der Waals surface area (Å²) >= 11 is 0. The van der Waals surface area contributed by atoms with Gasteiger partial charge in [-0.3, -0.25) is 4.79 Å². The molecule has 1 saturated heterocycles. The van der Waals surface area contributed by atoms with Crippen molar-refractivity contribution in [3.05, 3.63) is 59.7 Å². The predicted octanol–water partition coefficient (Wildman–Crippen LogP) is 3.47. The molecule has 0 atom stereocenters. The molecule has 0 radical (unpaired) electrons. The van der Waals surface area contributed by atoms with Crippen LogP contribution in [0.4, 0.5) is 5.69 Å². The highest BCUT2D eigenvalue weighted by Crippen LogP contribution is 2.36. The Labute approximate surface area is 161 Å². The number of aryl methyl sites for hydroxylation is 1. The fourth-order valence-electron chi connectivity index (χ4n) is 3.67. The Kier molecular flexibility index (Phi) is 4.40. The zero-order chi connectivity index (χ0) is 19.2. The number of nitrogens with zero attached hydrogens (tertiary/aromatic N) is 1. The number of rotatable bonds is 3. The normalized spacial score (nSPS) is 20.7. The highest BCUT2D eigenvalue weighted by molar-refractivity contribution is 6.62. The lowest BCUT2D eigenvalue weighted by Crippen LogP contribution is -2.41. The van der Waals surface area contributed by atoms with Gasteiger partial charge in [-0.2, -0.15) is 0 Å². The Balaban J connectivity index is 1.59. The lowest BCUT2D eigenvalue weighted by atomic mass is 9.78. The molecule has 27 heavy (non-hydrogen) atoms. The molecule has 5 heteroatoms. The summed E-state index contributed by atoms with van der Waals surface area (Å²) in [6, 6.07) is 16.3. The summed E-state index contributed by atoms with van der Waals surface area (Å²) in [4.78, 5) is 14.4. The second-order valence-corrected chi connectivity index (χ2v) is 8.44. The summed E-state index contributed by atoms with van der Waals surface area (Å²) in [5.74, 6) is 0.176. The number of carbonyl (C=O) groups excluding carboxylic acids is 1. The van der Waals surface area contributed by atoms with E-state index in [0.29, 0.717) is 13.0 Å². The van der Waals surface area contributed by atoms with E-state index >= 15 is 0 Å². The highest BCUT2D eigenvalue weighted by atomic mass is 16.7. The van der Waals surface area contributed by atoms with E-state index in [2.05, 4.69) is 45.9 Å². The minimum atomic E-state index is -0.390. The molecule has 2 heterocycles. The minimum absolute atomic E-state index is 0.176. The van der Waals surface area contributed by atoms with Gasteiger partial charge in [-0.05, 0) is 56.8 Å². The van der Waals surface area contributed by atoms with Gasteiger partial charge >= 0.3 is 7.12 Å². The summed E-state index contributed by atoms with van der Waals surface area (Å²) in [5.41, 5.74) is 3.59. The van der Waals surface area contributed by atoms with Crippen molar-refractivity contribution < 1.29 is 14.1 Å². The van der Waals surface area contributed by atoms with Gasteiger partial charge in [-0.25, -0.2) is 0 Å². The predicted molar refractivity (Wildman–Crippen MR) is 108 cm³/mol. The monoisotopic (exact) mass is 363 g/mol. The van der Waals surface area contributed by atoms with Crippen LogP contribution in [-0.2, 0) is 27.1 Å². The Morgan fingerprint density at radius 1 is 0.963 bits per heavy atom. The third-order valence-electron chi connectivity index (χ3n) is 6.01. The van der Waals surface area contributed by atoms with Gasteiger partial charge < -0.3 is 14.2 Å². The number of hydrogen-bond acceptors (Lipinski definition) is 3. The van der Waals surface area contributed by atoms with E-state index in [1.165, 1.54) is 5.56 Å². The number of anilines is 1. The zero-order valence-corrected chi connectivity index (χ0v) is 16.5. The topological polar surface area (TPSA) is 38.8 Å². The standard InChI is InChI=1S/C22H26BNO3/c1-21(2)22(3,4)27-23(26-21)18-10-7-8-16(14-18)15-24-19-11-6-5-9-17(19)12-13-20(24)25/h5-11,14H,12-13,15H2,1-4H3. The summed E-state index contributed by atoms with van der Waals surface area (Å²) in [5, 5.41) is 0. The molecule has 0 aliphatic carbocycles. The average Bonchev–Trinajstić information content (AvgIpc) is 2.85. The fourth-order valence-corrected chi connectivity index (χ4v) is 3.67. The molecule has 2 aliphatic heterocycles. The number of hydrogen-bond donors (Lipinski definition) is 0. The summed E-state index contributed by atoms with van der Waals surface area (Å²) in [6.45, 7) is 8.78. The van der Waals surface area contributed by atoms with E-state index in [1.54, 1.807) is 0 Å². The molecule has 0 saturated carbocycles. The van der Waals surface area contributed by atoms with Gasteiger partial charge in [0.2, 0.25) is 5.91 Å². The van der Waals surface area contributed by atoms with Crippen LogP contribution in [0.15, 0.2) is 48.5 Å². The van der Waals surface area contributed by atoms with Crippen molar-refractivity contribution >= 4 is 24.2 Å². The van der Waals surface area contributed by atoms with Crippen molar-refractivity contribution in [1.82, 2.24) is 0 Å². The molecule has 4 rings (SSSR count). The second-order valence-electron chi connectivity index (χ2n) is 8.44. The van der Waals surface area contributed by atoms with Crippen LogP contribution in [0.3, 0.4) is 0 Å². The van der Waals surface area contributed by atoms with Crippen LogP contribution < -0.4 is 10.4 Å². The van der Waals surface area contributed by atoms with Gasteiger partial charge in [0.1, 0.15) is 0 Å². The quantitative estimate of drug-likeness (QED) is 0.784. The van der Waals surface area contributed by atoms with Crippen molar-refractivity contribution in [2.24, 2.45) is 0 Å². The number of carbonyl (C=O) groups is 1. The van der Waals surface area contributed by atoms with Crippen molar-refractivity contribution in [1.29, 1.82) is 0 Å². The third-order valence-corrected chi connectivity index (χ3v) is 6.01. The Morgan fingerprint density at radius 3 is 2.41 bits per heavy atom. The van der Waals surface area contributed by atoms with Gasteiger partial charge in [0.05, 0.1) is 17.7 Å². The van der Waals surface area contributed by atoms with Gasteiger partial charge in [0.25, 0.3) is 0 Å². The first-order valence-corrected chi connectivity index (χ1v) is 9.60. The molecule has 1 fully saturated rings. The lowest BCUT2D eigenvalue weighted by molar-refractivity contribution is -0.119. The van der Waals surface area contributed by atoms with Crippen LogP contribution in [0.25, 0.3) is 0 Å². The number of para-hydroxylation sites is 1. The highest BCUT2D eigenvalue weighted by Gasteiger charge is 2.51. The SMILES string of the molecule is CC1(C)OB(c2cccc(CN3C(=O)CCc4ccccc43)c2)OC1(C)C. The van der Waals surface area contributed by atoms with Crippen molar-refractivity contribution in [2.45, 2.75) is 58.3 Å². The first-order chi connectivity index (χ1) is 12.8. The molecule has 0 N–H and O–H groups in total. The maximum atomic E-state index is 12.5. The fraction of sp³-hybridized carbons (Fsp3) is 0.409. The summed E-state index contributed by atoms with van der Waals surface area (Å²) in [6.07, 6.45) is 1.38. The van der Waals surface area contributed by atoms with Crippen molar-refractivity contribution in [3.8, 4) is 0 Å². The van der Waals surface area contributed by atoms with E-state index in [-0.39, 0.29) is 24.2 Å². The molecule has 0 unspecified atom stereocenters. The molecule has 1 amide bonds. The van der Waals surface area contributed by atoms with Crippen LogP contribution in [0.2, 0.25) is 0 Å². The van der Waals surface area contributed by atoms with E-state index < -0.39 is 0 Å². The van der Waals surface area contributed by atoms with Gasteiger partial charge in [-0.15, -0.1) is 0 Å². The first-order valence-electron chi connectivity index (χ1n) is 9.60.